The van der Waals surface area contributed by atoms with Gasteiger partial charge in [0.15, 0.2) is 0 Å². The van der Waals surface area contributed by atoms with Crippen molar-refractivity contribution in [2.45, 2.75) is 31.8 Å². The Morgan fingerprint density at radius 2 is 2.26 bits per heavy atom. The van der Waals surface area contributed by atoms with Gasteiger partial charge < -0.3 is 10.4 Å². The molecule has 0 aromatic heterocycles. The van der Waals surface area contributed by atoms with Gasteiger partial charge >= 0.3 is 0 Å². The lowest BCUT2D eigenvalue weighted by Gasteiger charge is -2.25. The maximum Gasteiger partial charge on any atom is 0.251 e. The van der Waals surface area contributed by atoms with Gasteiger partial charge in [-0.2, -0.15) is 0 Å². The van der Waals surface area contributed by atoms with Gasteiger partial charge in [0.2, 0.25) is 0 Å². The van der Waals surface area contributed by atoms with E-state index >= 15 is 0 Å². The predicted octanol–water partition coefficient (Wildman–Crippen LogP) is 2.87. The number of halogens is 2. The van der Waals surface area contributed by atoms with E-state index in [0.717, 1.165) is 25.7 Å². The molecule has 2 rings (SSSR count). The zero-order valence-electron chi connectivity index (χ0n) is 10.5. The van der Waals surface area contributed by atoms with Crippen LogP contribution in [0.5, 0.6) is 0 Å². The van der Waals surface area contributed by atoms with Gasteiger partial charge in [-0.15, -0.1) is 0 Å². The topological polar surface area (TPSA) is 49.3 Å². The molecule has 0 aliphatic heterocycles. The Morgan fingerprint density at radius 1 is 1.47 bits per heavy atom. The molecule has 19 heavy (non-hydrogen) atoms. The molecule has 2 unspecified atom stereocenters. The molecule has 0 radical (unpaired) electrons. The molecule has 2 atom stereocenters. The second kappa shape index (κ2) is 6.48. The standard InChI is InChI=1S/C14H17BrFNO2/c15-12-7-10(4-5-13(12)16)14(19)17-8-9-2-1-3-11(18)6-9/h4-5,7,9,11,18H,1-3,6,8H2,(H,17,19). The summed E-state index contributed by atoms with van der Waals surface area (Å²) in [5.41, 5.74) is 0.435. The second-order valence-corrected chi connectivity index (χ2v) is 5.88. The normalized spacial score (nSPS) is 23.1. The van der Waals surface area contributed by atoms with Crippen molar-refractivity contribution in [3.63, 3.8) is 0 Å². The van der Waals surface area contributed by atoms with Crippen LogP contribution in [0.25, 0.3) is 0 Å². The monoisotopic (exact) mass is 329 g/mol. The molecule has 0 bridgehead atoms. The maximum atomic E-state index is 13.1. The number of nitrogens with one attached hydrogen (secondary N) is 1. The van der Waals surface area contributed by atoms with Crippen molar-refractivity contribution in [2.75, 3.05) is 6.54 Å². The first kappa shape index (κ1) is 14.5. The fourth-order valence-electron chi connectivity index (χ4n) is 2.42. The molecule has 1 fully saturated rings. The van der Waals surface area contributed by atoms with Crippen molar-refractivity contribution in [2.24, 2.45) is 5.92 Å². The average Bonchev–Trinajstić information content (AvgIpc) is 2.39. The van der Waals surface area contributed by atoms with E-state index in [-0.39, 0.29) is 22.3 Å². The molecule has 1 aliphatic carbocycles. The summed E-state index contributed by atoms with van der Waals surface area (Å²) < 4.78 is 13.4. The summed E-state index contributed by atoms with van der Waals surface area (Å²) in [6.45, 7) is 0.560. The van der Waals surface area contributed by atoms with E-state index in [2.05, 4.69) is 21.2 Å². The molecular formula is C14H17BrFNO2. The third-order valence-electron chi connectivity index (χ3n) is 3.49. The number of hydrogen-bond donors (Lipinski definition) is 2. The summed E-state index contributed by atoms with van der Waals surface area (Å²) >= 11 is 3.06. The average molecular weight is 330 g/mol. The van der Waals surface area contributed by atoms with Crippen molar-refractivity contribution >= 4 is 21.8 Å². The van der Waals surface area contributed by atoms with Crippen LogP contribution in [0.1, 0.15) is 36.0 Å². The van der Waals surface area contributed by atoms with Crippen LogP contribution in [0.4, 0.5) is 4.39 Å². The summed E-state index contributed by atoms with van der Waals surface area (Å²) in [6.07, 6.45) is 3.40. The van der Waals surface area contributed by atoms with E-state index < -0.39 is 0 Å². The molecule has 104 valence electrons. The molecular weight excluding hydrogens is 313 g/mol. The van der Waals surface area contributed by atoms with Gasteiger partial charge in [-0.1, -0.05) is 6.42 Å². The molecule has 0 heterocycles. The number of carbonyl (C=O) groups is 1. The van der Waals surface area contributed by atoms with E-state index in [4.69, 9.17) is 0 Å². The zero-order chi connectivity index (χ0) is 13.8. The number of hydrogen-bond acceptors (Lipinski definition) is 2. The zero-order valence-corrected chi connectivity index (χ0v) is 12.1. The summed E-state index contributed by atoms with van der Waals surface area (Å²) in [7, 11) is 0. The Labute approximate surface area is 120 Å². The van der Waals surface area contributed by atoms with Gasteiger partial charge in [0.05, 0.1) is 10.6 Å². The highest BCUT2D eigenvalue weighted by Gasteiger charge is 2.20. The molecule has 2 N–H and O–H groups in total. The van der Waals surface area contributed by atoms with E-state index in [1.807, 2.05) is 0 Å². The van der Waals surface area contributed by atoms with E-state index in [1.165, 1.54) is 18.2 Å². The Hall–Kier alpha value is -0.940. The second-order valence-electron chi connectivity index (χ2n) is 5.03. The Balaban J connectivity index is 1.88. The summed E-state index contributed by atoms with van der Waals surface area (Å²) in [5.74, 6) is -0.260. The molecule has 1 aromatic rings. The van der Waals surface area contributed by atoms with Crippen molar-refractivity contribution in [3.8, 4) is 0 Å². The van der Waals surface area contributed by atoms with Crippen LogP contribution in [-0.2, 0) is 0 Å². The predicted molar refractivity (Wildman–Crippen MR) is 74.4 cm³/mol. The third kappa shape index (κ3) is 4.01. The van der Waals surface area contributed by atoms with Crippen LogP contribution in [0.3, 0.4) is 0 Å². The minimum Gasteiger partial charge on any atom is -0.393 e. The third-order valence-corrected chi connectivity index (χ3v) is 4.10. The molecule has 1 amide bonds. The molecule has 0 saturated heterocycles. The first-order chi connectivity index (χ1) is 9.06. The van der Waals surface area contributed by atoms with Crippen molar-refractivity contribution in [1.82, 2.24) is 5.32 Å². The maximum absolute atomic E-state index is 13.1. The smallest absolute Gasteiger partial charge is 0.251 e. The Morgan fingerprint density at radius 3 is 2.95 bits per heavy atom. The summed E-state index contributed by atoms with van der Waals surface area (Å²) in [6, 6.07) is 4.20. The number of aliphatic hydroxyl groups is 1. The van der Waals surface area contributed by atoms with Crippen LogP contribution in [0, 0.1) is 11.7 Å². The van der Waals surface area contributed by atoms with Gasteiger partial charge in [-0.25, -0.2) is 4.39 Å². The van der Waals surface area contributed by atoms with Crippen LogP contribution in [0.15, 0.2) is 22.7 Å². The van der Waals surface area contributed by atoms with E-state index in [0.29, 0.717) is 18.0 Å². The van der Waals surface area contributed by atoms with Crippen LogP contribution >= 0.6 is 15.9 Å². The van der Waals surface area contributed by atoms with Gasteiger partial charge in [0.25, 0.3) is 5.91 Å². The number of aliphatic hydroxyl groups excluding tert-OH is 1. The van der Waals surface area contributed by atoms with Gasteiger partial charge in [-0.05, 0) is 59.3 Å². The number of rotatable bonds is 3. The first-order valence-corrected chi connectivity index (χ1v) is 7.27. The Bertz CT molecular complexity index is 467. The van der Waals surface area contributed by atoms with Crippen molar-refractivity contribution in [3.05, 3.63) is 34.1 Å². The minimum absolute atomic E-state index is 0.208. The molecule has 0 spiro atoms. The molecule has 1 saturated carbocycles. The Kier molecular flexibility index (Phi) is 4.93. The molecule has 1 aliphatic rings. The van der Waals surface area contributed by atoms with Crippen LogP contribution in [-0.4, -0.2) is 23.7 Å². The number of carbonyl (C=O) groups excluding carboxylic acids is 1. The molecule has 1 aromatic carbocycles. The van der Waals surface area contributed by atoms with Crippen LogP contribution < -0.4 is 5.32 Å². The summed E-state index contributed by atoms with van der Waals surface area (Å²) in [5, 5.41) is 12.4. The van der Waals surface area contributed by atoms with Gasteiger partial charge in [0, 0.05) is 12.1 Å². The minimum atomic E-state index is -0.382. The molecule has 5 heteroatoms. The fourth-order valence-corrected chi connectivity index (χ4v) is 2.80. The highest BCUT2D eigenvalue weighted by atomic mass is 79.9. The van der Waals surface area contributed by atoms with E-state index in [1.54, 1.807) is 0 Å². The highest BCUT2D eigenvalue weighted by molar-refractivity contribution is 9.10. The van der Waals surface area contributed by atoms with Crippen molar-refractivity contribution in [1.29, 1.82) is 0 Å². The first-order valence-electron chi connectivity index (χ1n) is 6.47. The highest BCUT2D eigenvalue weighted by Crippen LogP contribution is 2.23. The van der Waals surface area contributed by atoms with Gasteiger partial charge in [-0.3, -0.25) is 4.79 Å². The van der Waals surface area contributed by atoms with Crippen LogP contribution in [0.2, 0.25) is 0 Å². The molecule has 3 nitrogen and oxygen atoms in total. The van der Waals surface area contributed by atoms with Crippen molar-refractivity contribution < 1.29 is 14.3 Å². The number of amides is 1. The van der Waals surface area contributed by atoms with E-state index in [9.17, 15) is 14.3 Å². The van der Waals surface area contributed by atoms with Gasteiger partial charge in [0.1, 0.15) is 5.82 Å². The lowest BCUT2D eigenvalue weighted by molar-refractivity contribution is 0.0873. The fraction of sp³-hybridized carbons (Fsp3) is 0.500. The summed E-state index contributed by atoms with van der Waals surface area (Å²) in [4.78, 5) is 11.9. The largest absolute Gasteiger partial charge is 0.393 e. The SMILES string of the molecule is O=C(NCC1CCCC(O)C1)c1ccc(F)c(Br)c1. The quantitative estimate of drug-likeness (QED) is 0.895. The number of benzene rings is 1. The lowest BCUT2D eigenvalue weighted by Crippen LogP contribution is -2.33. The lowest BCUT2D eigenvalue weighted by atomic mass is 9.87.